The molecule has 1 heteroatoms. The van der Waals surface area contributed by atoms with E-state index in [0.717, 1.165) is 5.92 Å². The van der Waals surface area contributed by atoms with E-state index in [0.29, 0.717) is 6.04 Å². The Hall–Kier alpha value is -0.300. The molecule has 1 nitrogen and oxygen atoms in total. The quantitative estimate of drug-likeness (QED) is 0.597. The van der Waals surface area contributed by atoms with Crippen LogP contribution >= 0.6 is 0 Å². The Kier molecular flexibility index (Phi) is 8.11. The fraction of sp³-hybridized carbons (Fsp3) is 0.833. The zero-order chi connectivity index (χ0) is 10.1. The monoisotopic (exact) mass is 183 g/mol. The standard InChI is InChI=1S/C12H25N/c1-5-7-8-9-12(13-4)10-11(3)6-2/h5,7,11-13H,6,8-10H2,1-4H3/b7-5-. The van der Waals surface area contributed by atoms with Crippen molar-refractivity contribution in [1.29, 1.82) is 0 Å². The fourth-order valence-corrected chi connectivity index (χ4v) is 1.50. The minimum absolute atomic E-state index is 0.700. The summed E-state index contributed by atoms with van der Waals surface area (Å²) in [6.07, 6.45) is 9.47. The molecule has 0 aliphatic carbocycles. The van der Waals surface area contributed by atoms with E-state index in [9.17, 15) is 0 Å². The van der Waals surface area contributed by atoms with Crippen molar-refractivity contribution >= 4 is 0 Å². The molecular weight excluding hydrogens is 158 g/mol. The highest BCUT2D eigenvalue weighted by Crippen LogP contribution is 2.13. The third-order valence-electron chi connectivity index (χ3n) is 2.71. The zero-order valence-electron chi connectivity index (χ0n) is 9.64. The van der Waals surface area contributed by atoms with Gasteiger partial charge in [0.25, 0.3) is 0 Å². The first-order valence-corrected chi connectivity index (χ1v) is 5.53. The molecule has 0 rings (SSSR count). The van der Waals surface area contributed by atoms with Crippen LogP contribution in [0.4, 0.5) is 0 Å². The second kappa shape index (κ2) is 8.31. The van der Waals surface area contributed by atoms with Crippen molar-refractivity contribution in [3.05, 3.63) is 12.2 Å². The van der Waals surface area contributed by atoms with Crippen molar-refractivity contribution in [3.8, 4) is 0 Å². The largest absolute Gasteiger partial charge is 0.317 e. The molecule has 0 bridgehead atoms. The van der Waals surface area contributed by atoms with Crippen LogP contribution < -0.4 is 5.32 Å². The predicted octanol–water partition coefficient (Wildman–Crippen LogP) is 3.37. The molecule has 0 saturated heterocycles. The summed E-state index contributed by atoms with van der Waals surface area (Å²) < 4.78 is 0. The molecule has 2 unspecified atom stereocenters. The SMILES string of the molecule is C/C=C\CCC(CC(C)CC)NC. The Morgan fingerprint density at radius 3 is 2.54 bits per heavy atom. The Morgan fingerprint density at radius 1 is 1.38 bits per heavy atom. The first kappa shape index (κ1) is 12.7. The Morgan fingerprint density at radius 2 is 2.08 bits per heavy atom. The molecule has 0 fully saturated rings. The van der Waals surface area contributed by atoms with Gasteiger partial charge >= 0.3 is 0 Å². The molecule has 0 amide bonds. The first-order valence-electron chi connectivity index (χ1n) is 5.53. The van der Waals surface area contributed by atoms with E-state index in [1.807, 2.05) is 0 Å². The highest BCUT2D eigenvalue weighted by molar-refractivity contribution is 4.79. The molecule has 2 atom stereocenters. The molecule has 0 aromatic heterocycles. The van der Waals surface area contributed by atoms with E-state index >= 15 is 0 Å². The van der Waals surface area contributed by atoms with Crippen LogP contribution in [-0.4, -0.2) is 13.1 Å². The number of rotatable bonds is 7. The zero-order valence-corrected chi connectivity index (χ0v) is 9.64. The molecule has 1 N–H and O–H groups in total. The van der Waals surface area contributed by atoms with Crippen molar-refractivity contribution in [2.75, 3.05) is 7.05 Å². The van der Waals surface area contributed by atoms with Crippen LogP contribution in [-0.2, 0) is 0 Å². The van der Waals surface area contributed by atoms with Gasteiger partial charge in [-0.25, -0.2) is 0 Å². The van der Waals surface area contributed by atoms with Gasteiger partial charge in [0, 0.05) is 6.04 Å². The van der Waals surface area contributed by atoms with Gasteiger partial charge in [0.15, 0.2) is 0 Å². The van der Waals surface area contributed by atoms with Gasteiger partial charge in [-0.05, 0) is 39.2 Å². The van der Waals surface area contributed by atoms with Gasteiger partial charge in [0.05, 0.1) is 0 Å². The van der Waals surface area contributed by atoms with Gasteiger partial charge in [-0.1, -0.05) is 32.4 Å². The molecule has 0 radical (unpaired) electrons. The highest BCUT2D eigenvalue weighted by Gasteiger charge is 2.08. The normalized spacial score (nSPS) is 16.3. The van der Waals surface area contributed by atoms with Crippen LogP contribution in [0.5, 0.6) is 0 Å². The van der Waals surface area contributed by atoms with E-state index in [4.69, 9.17) is 0 Å². The fourth-order valence-electron chi connectivity index (χ4n) is 1.50. The number of hydrogen-bond acceptors (Lipinski definition) is 1. The summed E-state index contributed by atoms with van der Waals surface area (Å²) in [6, 6.07) is 0.700. The molecule has 13 heavy (non-hydrogen) atoms. The Labute approximate surface area is 83.6 Å². The van der Waals surface area contributed by atoms with Crippen LogP contribution in [0.25, 0.3) is 0 Å². The van der Waals surface area contributed by atoms with Crippen molar-refractivity contribution in [2.24, 2.45) is 5.92 Å². The molecule has 0 saturated carbocycles. The van der Waals surface area contributed by atoms with E-state index in [1.165, 1.54) is 25.7 Å². The lowest BCUT2D eigenvalue weighted by Crippen LogP contribution is -2.26. The van der Waals surface area contributed by atoms with E-state index in [1.54, 1.807) is 0 Å². The van der Waals surface area contributed by atoms with Gasteiger partial charge in [0.2, 0.25) is 0 Å². The maximum absolute atomic E-state index is 3.39. The number of nitrogens with one attached hydrogen (secondary N) is 1. The third kappa shape index (κ3) is 6.83. The highest BCUT2D eigenvalue weighted by atomic mass is 14.9. The second-order valence-corrected chi connectivity index (χ2v) is 3.88. The van der Waals surface area contributed by atoms with Crippen molar-refractivity contribution < 1.29 is 0 Å². The van der Waals surface area contributed by atoms with Crippen LogP contribution in [0.3, 0.4) is 0 Å². The number of hydrogen-bond donors (Lipinski definition) is 1. The molecule has 0 aliphatic rings. The molecule has 0 aromatic rings. The second-order valence-electron chi connectivity index (χ2n) is 3.88. The number of allylic oxidation sites excluding steroid dienone is 2. The lowest BCUT2D eigenvalue weighted by atomic mass is 9.96. The molecule has 0 aliphatic heterocycles. The van der Waals surface area contributed by atoms with Crippen molar-refractivity contribution in [1.82, 2.24) is 5.32 Å². The van der Waals surface area contributed by atoms with Gasteiger partial charge < -0.3 is 5.32 Å². The minimum atomic E-state index is 0.700. The maximum Gasteiger partial charge on any atom is 0.00695 e. The molecule has 78 valence electrons. The average molecular weight is 183 g/mol. The van der Waals surface area contributed by atoms with E-state index in [-0.39, 0.29) is 0 Å². The summed E-state index contributed by atoms with van der Waals surface area (Å²) >= 11 is 0. The van der Waals surface area contributed by atoms with Crippen LogP contribution in [0.1, 0.15) is 46.5 Å². The summed E-state index contributed by atoms with van der Waals surface area (Å²) in [6.45, 7) is 6.69. The molecule has 0 heterocycles. The average Bonchev–Trinajstić information content (AvgIpc) is 2.16. The predicted molar refractivity (Wildman–Crippen MR) is 61.0 cm³/mol. The van der Waals surface area contributed by atoms with Crippen molar-refractivity contribution in [3.63, 3.8) is 0 Å². The van der Waals surface area contributed by atoms with Gasteiger partial charge in [-0.15, -0.1) is 0 Å². The molecule has 0 aromatic carbocycles. The summed E-state index contributed by atoms with van der Waals surface area (Å²) in [7, 11) is 2.07. The Bertz CT molecular complexity index is 129. The topological polar surface area (TPSA) is 12.0 Å². The molecular formula is C12H25N. The summed E-state index contributed by atoms with van der Waals surface area (Å²) in [5.74, 6) is 0.850. The summed E-state index contributed by atoms with van der Waals surface area (Å²) in [4.78, 5) is 0. The third-order valence-corrected chi connectivity index (χ3v) is 2.71. The van der Waals surface area contributed by atoms with Crippen LogP contribution in [0, 0.1) is 5.92 Å². The van der Waals surface area contributed by atoms with Gasteiger partial charge in [0.1, 0.15) is 0 Å². The minimum Gasteiger partial charge on any atom is -0.317 e. The lowest BCUT2D eigenvalue weighted by molar-refractivity contribution is 0.397. The van der Waals surface area contributed by atoms with Crippen LogP contribution in [0.2, 0.25) is 0 Å². The van der Waals surface area contributed by atoms with Crippen molar-refractivity contribution in [2.45, 2.75) is 52.5 Å². The van der Waals surface area contributed by atoms with Crippen LogP contribution in [0.15, 0.2) is 12.2 Å². The lowest BCUT2D eigenvalue weighted by Gasteiger charge is -2.18. The van der Waals surface area contributed by atoms with Gasteiger partial charge in [-0.2, -0.15) is 0 Å². The van der Waals surface area contributed by atoms with E-state index in [2.05, 4.69) is 45.3 Å². The van der Waals surface area contributed by atoms with Gasteiger partial charge in [-0.3, -0.25) is 0 Å². The van der Waals surface area contributed by atoms with E-state index < -0.39 is 0 Å². The first-order chi connectivity index (χ1) is 6.24. The Balaban J connectivity index is 3.62. The molecule has 0 spiro atoms. The maximum atomic E-state index is 3.39. The smallest absolute Gasteiger partial charge is 0.00695 e. The summed E-state index contributed by atoms with van der Waals surface area (Å²) in [5, 5.41) is 3.39. The summed E-state index contributed by atoms with van der Waals surface area (Å²) in [5.41, 5.74) is 0.